The van der Waals surface area contributed by atoms with Gasteiger partial charge in [-0.2, -0.15) is 5.26 Å². The highest BCUT2D eigenvalue weighted by molar-refractivity contribution is 6.06. The molecule has 0 atom stereocenters. The fourth-order valence-corrected chi connectivity index (χ4v) is 2.61. The van der Waals surface area contributed by atoms with Gasteiger partial charge in [-0.3, -0.25) is 0 Å². The van der Waals surface area contributed by atoms with Gasteiger partial charge in [0.05, 0.1) is 11.7 Å². The molecule has 0 fully saturated rings. The van der Waals surface area contributed by atoms with Crippen LogP contribution in [0.1, 0.15) is 5.69 Å². The molecule has 0 aliphatic carbocycles. The normalized spacial score (nSPS) is 11.0. The van der Waals surface area contributed by atoms with Crippen LogP contribution in [0.15, 0.2) is 42.7 Å². The first kappa shape index (κ1) is 13.3. The fraction of sp³-hybridized carbons (Fsp3) is 0. The molecule has 0 amide bonds. The molecule has 23 heavy (non-hydrogen) atoms. The maximum absolute atomic E-state index is 14.0. The van der Waals surface area contributed by atoms with Crippen LogP contribution in [0.3, 0.4) is 0 Å². The Morgan fingerprint density at radius 1 is 1.04 bits per heavy atom. The van der Waals surface area contributed by atoms with E-state index in [2.05, 4.69) is 15.0 Å². The average Bonchev–Trinajstić information content (AvgIpc) is 2.94. The molecule has 4 nitrogen and oxygen atoms in total. The van der Waals surface area contributed by atoms with Crippen molar-refractivity contribution in [2.75, 3.05) is 0 Å². The molecule has 4 aromatic rings. The number of hydrogen-bond acceptors (Lipinski definition) is 3. The van der Waals surface area contributed by atoms with Gasteiger partial charge in [0.25, 0.3) is 0 Å². The number of nitrogens with one attached hydrogen (secondary N) is 1. The molecule has 0 aliphatic rings. The number of nitrogens with zero attached hydrogens (tertiary/aromatic N) is 3. The molecule has 3 heterocycles. The van der Waals surface area contributed by atoms with Crippen LogP contribution in [0, 0.1) is 23.0 Å². The molecule has 3 aromatic heterocycles. The van der Waals surface area contributed by atoms with Crippen molar-refractivity contribution in [3.63, 3.8) is 0 Å². The van der Waals surface area contributed by atoms with Gasteiger partial charge in [0.1, 0.15) is 17.4 Å². The van der Waals surface area contributed by atoms with Crippen LogP contribution in [0.2, 0.25) is 0 Å². The third-order valence-electron chi connectivity index (χ3n) is 3.71. The minimum Gasteiger partial charge on any atom is -0.338 e. The minimum atomic E-state index is -0.909. The highest BCUT2D eigenvalue weighted by atomic mass is 19.2. The second-order valence-electron chi connectivity index (χ2n) is 5.07. The lowest BCUT2D eigenvalue weighted by Crippen LogP contribution is -1.90. The smallest absolute Gasteiger partial charge is 0.166 e. The average molecular weight is 306 g/mol. The van der Waals surface area contributed by atoms with Crippen LogP contribution >= 0.6 is 0 Å². The molecule has 0 aliphatic heterocycles. The van der Waals surface area contributed by atoms with E-state index in [1.165, 1.54) is 18.3 Å². The minimum absolute atomic E-state index is 0.142. The van der Waals surface area contributed by atoms with E-state index in [0.717, 1.165) is 22.4 Å². The number of aromatic amines is 1. The summed E-state index contributed by atoms with van der Waals surface area (Å²) in [5.41, 5.74) is 2.20. The zero-order valence-corrected chi connectivity index (χ0v) is 11.6. The van der Waals surface area contributed by atoms with E-state index in [9.17, 15) is 8.78 Å². The summed E-state index contributed by atoms with van der Waals surface area (Å²) in [5.74, 6) is -1.81. The quantitative estimate of drug-likeness (QED) is 0.579. The molecule has 1 aromatic carbocycles. The van der Waals surface area contributed by atoms with E-state index in [4.69, 9.17) is 5.26 Å². The largest absolute Gasteiger partial charge is 0.338 e. The summed E-state index contributed by atoms with van der Waals surface area (Å²) in [6, 6.07) is 9.36. The van der Waals surface area contributed by atoms with Crippen molar-refractivity contribution >= 4 is 21.9 Å². The van der Waals surface area contributed by atoms with Gasteiger partial charge in [-0.15, -0.1) is 0 Å². The number of nitriles is 1. The van der Waals surface area contributed by atoms with Gasteiger partial charge in [-0.05, 0) is 18.2 Å². The van der Waals surface area contributed by atoms with E-state index < -0.39 is 11.6 Å². The van der Waals surface area contributed by atoms with Gasteiger partial charge in [-0.1, -0.05) is 12.1 Å². The Morgan fingerprint density at radius 3 is 2.74 bits per heavy atom. The maximum Gasteiger partial charge on any atom is 0.166 e. The summed E-state index contributed by atoms with van der Waals surface area (Å²) in [5, 5.41) is 10.5. The van der Waals surface area contributed by atoms with E-state index in [-0.39, 0.29) is 11.3 Å². The lowest BCUT2D eigenvalue weighted by molar-refractivity contribution is 0.511. The zero-order valence-electron chi connectivity index (χ0n) is 11.6. The molecule has 0 saturated carbocycles. The molecular formula is C17H8F2N4. The maximum atomic E-state index is 14.0. The second kappa shape index (κ2) is 4.85. The monoisotopic (exact) mass is 306 g/mol. The number of halogens is 2. The Labute approximate surface area is 129 Å². The molecule has 110 valence electrons. The first-order valence-corrected chi connectivity index (χ1v) is 6.79. The highest BCUT2D eigenvalue weighted by Crippen LogP contribution is 2.30. The summed E-state index contributed by atoms with van der Waals surface area (Å²) in [6.45, 7) is 0. The van der Waals surface area contributed by atoms with Crippen LogP contribution in [-0.4, -0.2) is 15.0 Å². The number of aromatic nitrogens is 3. The van der Waals surface area contributed by atoms with Gasteiger partial charge >= 0.3 is 0 Å². The Kier molecular flexibility index (Phi) is 2.81. The van der Waals surface area contributed by atoms with E-state index in [1.807, 2.05) is 6.07 Å². The Bertz CT molecular complexity index is 1110. The summed E-state index contributed by atoms with van der Waals surface area (Å²) in [4.78, 5) is 11.3. The summed E-state index contributed by atoms with van der Waals surface area (Å²) in [6.07, 6.45) is 3.03. The highest BCUT2D eigenvalue weighted by Gasteiger charge is 2.13. The van der Waals surface area contributed by atoms with Crippen molar-refractivity contribution in [1.82, 2.24) is 15.0 Å². The number of hydrogen-bond donors (Lipinski definition) is 1. The molecule has 0 unspecified atom stereocenters. The predicted octanol–water partition coefficient (Wildman–Crippen LogP) is 3.93. The molecule has 0 spiro atoms. The number of rotatable bonds is 1. The van der Waals surface area contributed by atoms with Crippen molar-refractivity contribution in [2.45, 2.75) is 0 Å². The van der Waals surface area contributed by atoms with Gasteiger partial charge in [0, 0.05) is 28.1 Å². The fourth-order valence-electron chi connectivity index (χ4n) is 2.61. The number of fused-ring (bicyclic) bond motifs is 3. The van der Waals surface area contributed by atoms with Crippen LogP contribution in [0.25, 0.3) is 33.1 Å². The van der Waals surface area contributed by atoms with Gasteiger partial charge in [0.15, 0.2) is 11.6 Å². The number of benzene rings is 1. The van der Waals surface area contributed by atoms with E-state index >= 15 is 0 Å². The van der Waals surface area contributed by atoms with Crippen molar-refractivity contribution in [3.8, 4) is 17.2 Å². The first-order valence-electron chi connectivity index (χ1n) is 6.79. The zero-order chi connectivity index (χ0) is 16.0. The third kappa shape index (κ3) is 2.02. The third-order valence-corrected chi connectivity index (χ3v) is 3.71. The molecule has 0 saturated heterocycles. The standard InChI is InChI=1S/C17H8F2N4/c18-14-3-1-2-11(16(14)19)9-4-13-12-5-10(6-20)21-8-15(12)23-17(13)22-7-9/h1-5,7-8H,(H,22,23). The van der Waals surface area contributed by atoms with Crippen molar-refractivity contribution in [1.29, 1.82) is 5.26 Å². The first-order chi connectivity index (χ1) is 11.2. The molecule has 0 bridgehead atoms. The number of pyridine rings is 2. The number of H-pyrrole nitrogens is 1. The summed E-state index contributed by atoms with van der Waals surface area (Å²) < 4.78 is 27.4. The molecule has 4 rings (SSSR count). The van der Waals surface area contributed by atoms with Crippen molar-refractivity contribution < 1.29 is 8.78 Å². The van der Waals surface area contributed by atoms with Crippen LogP contribution in [0.5, 0.6) is 0 Å². The van der Waals surface area contributed by atoms with Gasteiger partial charge < -0.3 is 4.98 Å². The molecule has 0 radical (unpaired) electrons. The molecular weight excluding hydrogens is 298 g/mol. The van der Waals surface area contributed by atoms with E-state index in [0.29, 0.717) is 11.2 Å². The second-order valence-corrected chi connectivity index (χ2v) is 5.07. The Hall–Kier alpha value is -3.33. The molecule has 6 heteroatoms. The van der Waals surface area contributed by atoms with E-state index in [1.54, 1.807) is 18.3 Å². The van der Waals surface area contributed by atoms with Gasteiger partial charge in [0.2, 0.25) is 0 Å². The lowest BCUT2D eigenvalue weighted by atomic mass is 10.0. The van der Waals surface area contributed by atoms with Crippen LogP contribution in [0.4, 0.5) is 8.78 Å². The molecule has 1 N–H and O–H groups in total. The van der Waals surface area contributed by atoms with Gasteiger partial charge in [-0.25, -0.2) is 18.7 Å². The topological polar surface area (TPSA) is 65.4 Å². The predicted molar refractivity (Wildman–Crippen MR) is 81.5 cm³/mol. The van der Waals surface area contributed by atoms with Crippen molar-refractivity contribution in [3.05, 3.63) is 60.1 Å². The summed E-state index contributed by atoms with van der Waals surface area (Å²) >= 11 is 0. The van der Waals surface area contributed by atoms with Crippen LogP contribution < -0.4 is 0 Å². The summed E-state index contributed by atoms with van der Waals surface area (Å²) in [7, 11) is 0. The Morgan fingerprint density at radius 2 is 1.91 bits per heavy atom. The SMILES string of the molecule is N#Cc1cc2c(cn1)[nH]c1ncc(-c3cccc(F)c3F)cc12. The van der Waals surface area contributed by atoms with Crippen LogP contribution in [-0.2, 0) is 0 Å². The van der Waals surface area contributed by atoms with Crippen molar-refractivity contribution in [2.24, 2.45) is 0 Å². The lowest BCUT2D eigenvalue weighted by Gasteiger charge is -2.04. The Balaban J connectivity index is 2.01.